The molecule has 1 heterocycles. The number of hydrogen-bond donors (Lipinski definition) is 2. The van der Waals surface area contributed by atoms with Gasteiger partial charge in [0.25, 0.3) is 0 Å². The zero-order valence-corrected chi connectivity index (χ0v) is 12.3. The molecule has 2 rings (SSSR count). The lowest BCUT2D eigenvalue weighted by molar-refractivity contribution is 0.548. The Morgan fingerprint density at radius 1 is 1.47 bits per heavy atom. The number of rotatable bonds is 4. The second kappa shape index (κ2) is 5.96. The summed E-state index contributed by atoms with van der Waals surface area (Å²) in [5.41, 5.74) is 4.52. The van der Waals surface area contributed by atoms with Crippen molar-refractivity contribution in [3.8, 4) is 0 Å². The van der Waals surface area contributed by atoms with Crippen LogP contribution < -0.4 is 11.3 Å². The highest BCUT2D eigenvalue weighted by atomic mass is 35.5. The van der Waals surface area contributed by atoms with Gasteiger partial charge in [0.2, 0.25) is 0 Å². The van der Waals surface area contributed by atoms with Crippen molar-refractivity contribution in [2.75, 3.05) is 0 Å². The van der Waals surface area contributed by atoms with Crippen LogP contribution in [0.1, 0.15) is 27.2 Å². The molecule has 1 unspecified atom stereocenters. The van der Waals surface area contributed by atoms with E-state index in [0.717, 1.165) is 16.3 Å². The summed E-state index contributed by atoms with van der Waals surface area (Å²) in [7, 11) is 0. The minimum absolute atomic E-state index is 0.182. The Bertz CT molecular complexity index is 566. The van der Waals surface area contributed by atoms with Crippen molar-refractivity contribution in [3.63, 3.8) is 0 Å². The van der Waals surface area contributed by atoms with Gasteiger partial charge in [0.15, 0.2) is 0 Å². The highest BCUT2D eigenvalue weighted by molar-refractivity contribution is 7.11. The van der Waals surface area contributed by atoms with E-state index in [-0.39, 0.29) is 11.9 Å². The highest BCUT2D eigenvalue weighted by Gasteiger charge is 2.17. The summed E-state index contributed by atoms with van der Waals surface area (Å²) < 4.78 is 13.1. The quantitative estimate of drug-likeness (QED) is 0.673. The Labute approximate surface area is 120 Å². The fourth-order valence-corrected chi connectivity index (χ4v) is 3.12. The maximum absolute atomic E-state index is 13.1. The molecule has 0 saturated heterocycles. The first-order valence-electron chi connectivity index (χ1n) is 5.85. The summed E-state index contributed by atoms with van der Waals surface area (Å²) in [6.07, 6.45) is 0.626. The molecule has 0 radical (unpaired) electrons. The number of nitrogens with two attached hydrogens (primary N) is 1. The van der Waals surface area contributed by atoms with Crippen LogP contribution >= 0.6 is 22.9 Å². The molecule has 1 aromatic carbocycles. The van der Waals surface area contributed by atoms with Crippen molar-refractivity contribution in [3.05, 3.63) is 50.2 Å². The topological polar surface area (TPSA) is 50.9 Å². The predicted molar refractivity (Wildman–Crippen MR) is 76.8 cm³/mol. The average molecular weight is 300 g/mol. The molecule has 0 fully saturated rings. The van der Waals surface area contributed by atoms with Crippen LogP contribution in [0.3, 0.4) is 0 Å². The van der Waals surface area contributed by atoms with Gasteiger partial charge in [-0.25, -0.2) is 9.37 Å². The van der Waals surface area contributed by atoms with E-state index < -0.39 is 0 Å². The lowest BCUT2D eigenvalue weighted by Crippen LogP contribution is -2.29. The summed E-state index contributed by atoms with van der Waals surface area (Å²) in [6.45, 7) is 4.01. The molecule has 1 aromatic heterocycles. The van der Waals surface area contributed by atoms with Gasteiger partial charge in [-0.15, -0.1) is 11.3 Å². The van der Waals surface area contributed by atoms with Crippen LogP contribution in [0.15, 0.2) is 18.2 Å². The van der Waals surface area contributed by atoms with Crippen molar-refractivity contribution in [2.24, 2.45) is 5.84 Å². The number of hydrazine groups is 1. The van der Waals surface area contributed by atoms with Gasteiger partial charge >= 0.3 is 0 Å². The molecule has 6 heteroatoms. The third-order valence-corrected chi connectivity index (χ3v) is 4.41. The van der Waals surface area contributed by atoms with Gasteiger partial charge in [-0.1, -0.05) is 17.7 Å². The molecule has 0 aliphatic rings. The molecular formula is C13H15ClFN3S. The minimum atomic E-state index is -0.356. The van der Waals surface area contributed by atoms with Crippen LogP contribution in [0.2, 0.25) is 5.02 Å². The van der Waals surface area contributed by atoms with E-state index in [0.29, 0.717) is 11.4 Å². The summed E-state index contributed by atoms with van der Waals surface area (Å²) in [5.74, 6) is 5.22. The van der Waals surface area contributed by atoms with Gasteiger partial charge in [0, 0.05) is 16.3 Å². The number of aromatic nitrogens is 1. The molecule has 0 aliphatic carbocycles. The fourth-order valence-electron chi connectivity index (χ4n) is 1.84. The minimum Gasteiger partial charge on any atom is -0.271 e. The van der Waals surface area contributed by atoms with Gasteiger partial charge in [0.05, 0.1) is 16.7 Å². The summed E-state index contributed by atoms with van der Waals surface area (Å²) in [5, 5.41) is 1.35. The zero-order chi connectivity index (χ0) is 14.0. The standard InChI is InChI=1S/C13H15ClFN3S/c1-7-8(2)19-13(17-7)6-12(18-16)10-4-3-9(15)5-11(10)14/h3-5,12,18H,6,16H2,1-2H3. The summed E-state index contributed by atoms with van der Waals surface area (Å²) in [6, 6.07) is 4.14. The van der Waals surface area contributed by atoms with Crippen LogP contribution in [0, 0.1) is 19.7 Å². The van der Waals surface area contributed by atoms with E-state index in [2.05, 4.69) is 10.4 Å². The number of thiazole rings is 1. The number of nitrogens with one attached hydrogen (secondary N) is 1. The molecule has 102 valence electrons. The monoisotopic (exact) mass is 299 g/mol. The number of benzene rings is 1. The first kappa shape index (κ1) is 14.4. The van der Waals surface area contributed by atoms with Crippen LogP contribution in [-0.2, 0) is 6.42 Å². The fraction of sp³-hybridized carbons (Fsp3) is 0.308. The van der Waals surface area contributed by atoms with E-state index in [9.17, 15) is 4.39 Å². The first-order chi connectivity index (χ1) is 9.01. The number of aryl methyl sites for hydroxylation is 2. The maximum Gasteiger partial charge on any atom is 0.124 e. The summed E-state index contributed by atoms with van der Waals surface area (Å²) >= 11 is 7.69. The zero-order valence-electron chi connectivity index (χ0n) is 10.7. The van der Waals surface area contributed by atoms with Gasteiger partial charge < -0.3 is 0 Å². The molecule has 3 nitrogen and oxygen atoms in total. The van der Waals surface area contributed by atoms with Gasteiger partial charge in [-0.2, -0.15) is 0 Å². The van der Waals surface area contributed by atoms with Crippen LogP contribution in [0.5, 0.6) is 0 Å². The van der Waals surface area contributed by atoms with Crippen molar-refractivity contribution in [1.82, 2.24) is 10.4 Å². The number of hydrogen-bond acceptors (Lipinski definition) is 4. The molecule has 0 spiro atoms. The SMILES string of the molecule is Cc1nc(CC(NN)c2ccc(F)cc2Cl)sc1C. The third-order valence-electron chi connectivity index (χ3n) is 2.99. The number of halogens is 2. The maximum atomic E-state index is 13.1. The molecule has 1 atom stereocenters. The second-order valence-electron chi connectivity index (χ2n) is 4.34. The lowest BCUT2D eigenvalue weighted by atomic mass is 10.0. The van der Waals surface area contributed by atoms with Crippen LogP contribution in [0.4, 0.5) is 4.39 Å². The van der Waals surface area contributed by atoms with Crippen LogP contribution in [-0.4, -0.2) is 4.98 Å². The molecule has 2 aromatic rings. The Morgan fingerprint density at radius 2 is 2.21 bits per heavy atom. The van der Waals surface area contributed by atoms with Crippen molar-refractivity contribution in [1.29, 1.82) is 0 Å². The third kappa shape index (κ3) is 3.30. The Hall–Kier alpha value is -1.01. The molecular weight excluding hydrogens is 285 g/mol. The van der Waals surface area contributed by atoms with E-state index in [1.807, 2.05) is 13.8 Å². The highest BCUT2D eigenvalue weighted by Crippen LogP contribution is 2.28. The normalized spacial score (nSPS) is 12.7. The largest absolute Gasteiger partial charge is 0.271 e. The van der Waals surface area contributed by atoms with E-state index in [1.165, 1.54) is 17.0 Å². The predicted octanol–water partition coefficient (Wildman–Crippen LogP) is 3.30. The van der Waals surface area contributed by atoms with Crippen molar-refractivity contribution in [2.45, 2.75) is 26.3 Å². The van der Waals surface area contributed by atoms with Crippen LogP contribution in [0.25, 0.3) is 0 Å². The molecule has 0 aliphatic heterocycles. The molecule has 0 saturated carbocycles. The number of nitrogens with zero attached hydrogens (tertiary/aromatic N) is 1. The lowest BCUT2D eigenvalue weighted by Gasteiger charge is -2.16. The second-order valence-corrected chi connectivity index (χ2v) is 6.03. The smallest absolute Gasteiger partial charge is 0.124 e. The van der Waals surface area contributed by atoms with Gasteiger partial charge in [-0.3, -0.25) is 11.3 Å². The van der Waals surface area contributed by atoms with Crippen molar-refractivity contribution >= 4 is 22.9 Å². The Balaban J connectivity index is 2.24. The average Bonchev–Trinajstić information content (AvgIpc) is 2.66. The molecule has 19 heavy (non-hydrogen) atoms. The molecule has 0 bridgehead atoms. The Kier molecular flexibility index (Phi) is 4.52. The van der Waals surface area contributed by atoms with Gasteiger partial charge in [0.1, 0.15) is 5.82 Å². The van der Waals surface area contributed by atoms with E-state index >= 15 is 0 Å². The molecule has 0 amide bonds. The van der Waals surface area contributed by atoms with Gasteiger partial charge in [-0.05, 0) is 31.5 Å². The summed E-state index contributed by atoms with van der Waals surface area (Å²) in [4.78, 5) is 5.67. The van der Waals surface area contributed by atoms with E-state index in [1.54, 1.807) is 17.4 Å². The van der Waals surface area contributed by atoms with E-state index in [4.69, 9.17) is 17.4 Å². The van der Waals surface area contributed by atoms with Crippen molar-refractivity contribution < 1.29 is 4.39 Å². The first-order valence-corrected chi connectivity index (χ1v) is 7.04. The Morgan fingerprint density at radius 3 is 2.74 bits per heavy atom. The molecule has 3 N–H and O–H groups in total.